The largest absolute Gasteiger partial charge is 0.303 e. The summed E-state index contributed by atoms with van der Waals surface area (Å²) in [5, 5.41) is 1.05. The molecule has 2 heterocycles. The molecule has 0 unspecified atom stereocenters. The van der Waals surface area contributed by atoms with Gasteiger partial charge in [0.25, 0.3) is 17.7 Å². The molecule has 6 nitrogen and oxygen atoms in total. The van der Waals surface area contributed by atoms with Gasteiger partial charge >= 0.3 is 0 Å². The van der Waals surface area contributed by atoms with Crippen LogP contribution in [-0.4, -0.2) is 27.1 Å². The van der Waals surface area contributed by atoms with E-state index in [1.807, 2.05) is 73.7 Å². The first kappa shape index (κ1) is 22.1. The summed E-state index contributed by atoms with van der Waals surface area (Å²) in [6.07, 6.45) is 0. The van der Waals surface area contributed by atoms with Crippen molar-refractivity contribution in [2.24, 2.45) is 0 Å². The fraction of sp³-hybridized carbons (Fsp3) is 0.0769. The van der Waals surface area contributed by atoms with Gasteiger partial charge in [-0.1, -0.05) is 78.5 Å². The van der Waals surface area contributed by atoms with Crippen molar-refractivity contribution in [1.29, 1.82) is 0 Å². The Kier molecular flexibility index (Phi) is 5.77. The molecular weight excluding hydrogens is 466 g/mol. The van der Waals surface area contributed by atoms with Crippen LogP contribution in [0.15, 0.2) is 83.8 Å². The number of hydrazine groups is 1. The number of hydrogen-bond acceptors (Lipinski definition) is 5. The third kappa shape index (κ3) is 3.81. The van der Waals surface area contributed by atoms with E-state index in [0.717, 1.165) is 33.6 Å². The lowest BCUT2D eigenvalue weighted by molar-refractivity contribution is -0.124. The Morgan fingerprint density at radius 1 is 0.912 bits per heavy atom. The number of hydrogen-bond donors (Lipinski definition) is 1. The monoisotopic (exact) mass is 485 g/mol. The zero-order chi connectivity index (χ0) is 23.8. The summed E-state index contributed by atoms with van der Waals surface area (Å²) in [6, 6.07) is 24.1. The van der Waals surface area contributed by atoms with Gasteiger partial charge in [0, 0.05) is 11.1 Å². The smallest absolute Gasteiger partial charge is 0.286 e. The van der Waals surface area contributed by atoms with Crippen molar-refractivity contribution >= 4 is 57.3 Å². The molecule has 2 aliphatic heterocycles. The first-order valence-corrected chi connectivity index (χ1v) is 11.8. The SMILES string of the molecule is Cc1ccccc1C(=O)NN1C(=O)/C(=C2/C(=O)N(Cc3ccccc3)c3ccccc32)SC1=S. The molecule has 0 aliphatic carbocycles. The first-order chi connectivity index (χ1) is 16.5. The first-order valence-electron chi connectivity index (χ1n) is 10.6. The quantitative estimate of drug-likeness (QED) is 0.437. The zero-order valence-electron chi connectivity index (χ0n) is 18.1. The van der Waals surface area contributed by atoms with Crippen LogP contribution in [0.25, 0.3) is 5.57 Å². The Hall–Kier alpha value is -3.75. The van der Waals surface area contributed by atoms with E-state index in [2.05, 4.69) is 5.43 Å². The van der Waals surface area contributed by atoms with Crippen molar-refractivity contribution in [3.8, 4) is 0 Å². The number of amides is 3. The van der Waals surface area contributed by atoms with Crippen molar-refractivity contribution in [1.82, 2.24) is 10.4 Å². The molecule has 0 spiro atoms. The number of carbonyl (C=O) groups is 3. The number of thiocarbonyl (C=S) groups is 1. The molecule has 168 valence electrons. The highest BCUT2D eigenvalue weighted by Crippen LogP contribution is 2.44. The van der Waals surface area contributed by atoms with Crippen LogP contribution < -0.4 is 10.3 Å². The molecule has 1 saturated heterocycles. The van der Waals surface area contributed by atoms with Crippen LogP contribution in [0.5, 0.6) is 0 Å². The van der Waals surface area contributed by atoms with Crippen LogP contribution in [-0.2, 0) is 16.1 Å². The van der Waals surface area contributed by atoms with E-state index in [-0.39, 0.29) is 15.1 Å². The lowest BCUT2D eigenvalue weighted by atomic mass is 10.1. The van der Waals surface area contributed by atoms with E-state index in [1.54, 1.807) is 17.0 Å². The number of aryl methyl sites for hydroxylation is 1. The minimum Gasteiger partial charge on any atom is -0.303 e. The summed E-state index contributed by atoms with van der Waals surface area (Å²) < 4.78 is 0.168. The van der Waals surface area contributed by atoms with Crippen LogP contribution in [0.4, 0.5) is 5.69 Å². The number of anilines is 1. The third-order valence-electron chi connectivity index (χ3n) is 5.71. The van der Waals surface area contributed by atoms with Crippen molar-refractivity contribution in [2.75, 3.05) is 4.90 Å². The Bertz CT molecular complexity index is 1380. The van der Waals surface area contributed by atoms with Crippen LogP contribution in [0.1, 0.15) is 27.0 Å². The lowest BCUT2D eigenvalue weighted by Gasteiger charge is -2.17. The fourth-order valence-corrected chi connectivity index (χ4v) is 5.28. The second kappa shape index (κ2) is 8.89. The summed E-state index contributed by atoms with van der Waals surface area (Å²) in [4.78, 5) is 41.6. The predicted molar refractivity (Wildman–Crippen MR) is 137 cm³/mol. The summed E-state index contributed by atoms with van der Waals surface area (Å²) in [5.74, 6) is -1.23. The number of thioether (sulfide) groups is 1. The van der Waals surface area contributed by atoms with Gasteiger partial charge in [-0.25, -0.2) is 0 Å². The molecule has 3 aromatic rings. The standard InChI is InChI=1S/C26H19N3O3S2/c1-16-9-5-6-12-18(16)23(30)27-29-25(32)22(34-26(29)33)21-19-13-7-8-14-20(19)28(24(21)31)15-17-10-3-2-4-11-17/h2-14H,15H2,1H3,(H,27,30)/b22-21-. The number of para-hydroxylation sites is 1. The second-order valence-electron chi connectivity index (χ2n) is 7.86. The minimum atomic E-state index is -0.517. The van der Waals surface area contributed by atoms with Gasteiger partial charge in [-0.3, -0.25) is 19.8 Å². The fourth-order valence-electron chi connectivity index (χ4n) is 4.03. The maximum absolute atomic E-state index is 13.6. The Morgan fingerprint density at radius 2 is 1.59 bits per heavy atom. The average Bonchev–Trinajstić information content (AvgIpc) is 3.27. The second-order valence-corrected chi connectivity index (χ2v) is 9.51. The van der Waals surface area contributed by atoms with Gasteiger partial charge in [-0.2, -0.15) is 5.01 Å². The van der Waals surface area contributed by atoms with E-state index < -0.39 is 11.8 Å². The van der Waals surface area contributed by atoms with Crippen LogP contribution in [0.2, 0.25) is 0 Å². The summed E-state index contributed by atoms with van der Waals surface area (Å²) in [7, 11) is 0. The van der Waals surface area contributed by atoms with Crippen molar-refractivity contribution in [3.63, 3.8) is 0 Å². The van der Waals surface area contributed by atoms with E-state index in [1.165, 1.54) is 0 Å². The van der Waals surface area contributed by atoms with Gasteiger partial charge in [0.05, 0.1) is 22.7 Å². The summed E-state index contributed by atoms with van der Waals surface area (Å²) in [6.45, 7) is 2.20. The number of carbonyl (C=O) groups excluding carboxylic acids is 3. The Balaban J connectivity index is 1.48. The van der Waals surface area contributed by atoms with Crippen molar-refractivity contribution in [2.45, 2.75) is 13.5 Å². The van der Waals surface area contributed by atoms with E-state index in [9.17, 15) is 14.4 Å². The van der Waals surface area contributed by atoms with Crippen LogP contribution in [0, 0.1) is 6.92 Å². The van der Waals surface area contributed by atoms with Crippen LogP contribution >= 0.6 is 24.0 Å². The Morgan fingerprint density at radius 3 is 2.35 bits per heavy atom. The average molecular weight is 486 g/mol. The number of fused-ring (bicyclic) bond motifs is 1. The molecule has 2 aliphatic rings. The maximum atomic E-state index is 13.6. The van der Waals surface area contributed by atoms with Gasteiger partial charge in [0.1, 0.15) is 0 Å². The van der Waals surface area contributed by atoms with Crippen LogP contribution in [0.3, 0.4) is 0 Å². The zero-order valence-corrected chi connectivity index (χ0v) is 19.8. The highest BCUT2D eigenvalue weighted by molar-refractivity contribution is 8.26. The predicted octanol–water partition coefficient (Wildman–Crippen LogP) is 4.46. The molecule has 3 amide bonds. The molecule has 0 saturated carbocycles. The molecule has 5 rings (SSSR count). The summed E-state index contributed by atoms with van der Waals surface area (Å²) >= 11 is 6.42. The van der Waals surface area contributed by atoms with Gasteiger partial charge in [-0.15, -0.1) is 0 Å². The van der Waals surface area contributed by atoms with Gasteiger partial charge < -0.3 is 4.90 Å². The number of nitrogens with one attached hydrogen (secondary N) is 1. The highest BCUT2D eigenvalue weighted by atomic mass is 32.2. The van der Waals surface area contributed by atoms with E-state index >= 15 is 0 Å². The molecular formula is C26H19N3O3S2. The molecule has 0 bridgehead atoms. The van der Waals surface area contributed by atoms with E-state index in [4.69, 9.17) is 12.2 Å². The number of nitrogens with zero attached hydrogens (tertiary/aromatic N) is 2. The molecule has 0 atom stereocenters. The lowest BCUT2D eigenvalue weighted by Crippen LogP contribution is -2.45. The van der Waals surface area contributed by atoms with Crippen molar-refractivity contribution < 1.29 is 14.4 Å². The molecule has 1 N–H and O–H groups in total. The van der Waals surface area contributed by atoms with Crippen molar-refractivity contribution in [3.05, 3.63) is 106 Å². The number of benzene rings is 3. The molecule has 1 fully saturated rings. The van der Waals surface area contributed by atoms with Gasteiger partial charge in [0.15, 0.2) is 4.32 Å². The van der Waals surface area contributed by atoms with E-state index in [0.29, 0.717) is 23.2 Å². The molecule has 34 heavy (non-hydrogen) atoms. The normalized spacial score (nSPS) is 17.4. The number of rotatable bonds is 4. The van der Waals surface area contributed by atoms with Gasteiger partial charge in [0.2, 0.25) is 0 Å². The molecule has 3 aromatic carbocycles. The minimum absolute atomic E-state index is 0.168. The maximum Gasteiger partial charge on any atom is 0.286 e. The summed E-state index contributed by atoms with van der Waals surface area (Å²) in [5.41, 5.74) is 6.52. The topological polar surface area (TPSA) is 69.7 Å². The molecule has 0 aromatic heterocycles. The highest BCUT2D eigenvalue weighted by Gasteiger charge is 2.42. The van der Waals surface area contributed by atoms with Gasteiger partial charge in [-0.05, 0) is 42.4 Å². The Labute approximate surface area is 206 Å². The molecule has 0 radical (unpaired) electrons. The third-order valence-corrected chi connectivity index (χ3v) is 7.08. The molecule has 8 heteroatoms.